The number of benzene rings is 2. The molecule has 0 fully saturated rings. The van der Waals surface area contributed by atoms with Crippen molar-refractivity contribution >= 4 is 11.9 Å². The molecule has 0 aliphatic rings. The Labute approximate surface area is 157 Å². The fourth-order valence-electron chi connectivity index (χ4n) is 2.62. The standard InChI is InChI=1S/C22H20O5/c1-3-25-21(23)17-9-5-15(6-10-17)19-13-14-20(27-19)16-7-11-18(12-8-16)22(24)26-4-2/h5-14H,3-4H2,1-2H3. The minimum Gasteiger partial charge on any atom is -0.462 e. The van der Waals surface area contributed by atoms with E-state index in [1.807, 2.05) is 36.4 Å². The van der Waals surface area contributed by atoms with Crippen molar-refractivity contribution < 1.29 is 23.5 Å². The Morgan fingerprint density at radius 1 is 0.667 bits per heavy atom. The van der Waals surface area contributed by atoms with Crippen LogP contribution in [0.25, 0.3) is 22.6 Å². The molecule has 0 radical (unpaired) electrons. The van der Waals surface area contributed by atoms with Crippen LogP contribution in [0.2, 0.25) is 0 Å². The van der Waals surface area contributed by atoms with Gasteiger partial charge in [-0.1, -0.05) is 24.3 Å². The highest BCUT2D eigenvalue weighted by Gasteiger charge is 2.11. The second kappa shape index (κ2) is 8.36. The molecular weight excluding hydrogens is 344 g/mol. The zero-order valence-corrected chi connectivity index (χ0v) is 15.2. The van der Waals surface area contributed by atoms with Crippen LogP contribution in [0.3, 0.4) is 0 Å². The van der Waals surface area contributed by atoms with Crippen molar-refractivity contribution in [1.29, 1.82) is 0 Å². The van der Waals surface area contributed by atoms with Crippen molar-refractivity contribution in [3.8, 4) is 22.6 Å². The van der Waals surface area contributed by atoms with Gasteiger partial charge in [-0.3, -0.25) is 0 Å². The van der Waals surface area contributed by atoms with Crippen LogP contribution in [0.15, 0.2) is 65.1 Å². The summed E-state index contributed by atoms with van der Waals surface area (Å²) in [6.07, 6.45) is 0. The van der Waals surface area contributed by atoms with E-state index in [0.29, 0.717) is 35.9 Å². The van der Waals surface area contributed by atoms with Crippen LogP contribution in [-0.2, 0) is 9.47 Å². The molecule has 138 valence electrons. The van der Waals surface area contributed by atoms with Crippen LogP contribution in [0.1, 0.15) is 34.6 Å². The van der Waals surface area contributed by atoms with Gasteiger partial charge in [-0.25, -0.2) is 9.59 Å². The van der Waals surface area contributed by atoms with E-state index < -0.39 is 0 Å². The largest absolute Gasteiger partial charge is 0.462 e. The molecule has 2 aromatic carbocycles. The molecule has 0 bridgehead atoms. The molecule has 27 heavy (non-hydrogen) atoms. The second-order valence-corrected chi connectivity index (χ2v) is 5.76. The average molecular weight is 364 g/mol. The Morgan fingerprint density at radius 3 is 1.37 bits per heavy atom. The number of ether oxygens (including phenoxy) is 2. The summed E-state index contributed by atoms with van der Waals surface area (Å²) in [6.45, 7) is 4.24. The Bertz CT molecular complexity index is 844. The summed E-state index contributed by atoms with van der Waals surface area (Å²) in [5.74, 6) is 0.696. The third kappa shape index (κ3) is 4.26. The smallest absolute Gasteiger partial charge is 0.338 e. The van der Waals surface area contributed by atoms with Gasteiger partial charge in [-0.05, 0) is 50.2 Å². The molecule has 1 aromatic heterocycles. The van der Waals surface area contributed by atoms with Gasteiger partial charge in [0.1, 0.15) is 11.5 Å². The molecular formula is C22H20O5. The minimum absolute atomic E-state index is 0.342. The maximum atomic E-state index is 11.7. The molecule has 1 heterocycles. The first-order valence-corrected chi connectivity index (χ1v) is 8.77. The first kappa shape index (κ1) is 18.5. The normalized spacial score (nSPS) is 10.4. The number of hydrogen-bond acceptors (Lipinski definition) is 5. The van der Waals surface area contributed by atoms with Gasteiger partial charge in [0.05, 0.1) is 24.3 Å². The third-order valence-corrected chi connectivity index (χ3v) is 3.97. The molecule has 0 spiro atoms. The number of rotatable bonds is 6. The molecule has 0 unspecified atom stereocenters. The van der Waals surface area contributed by atoms with Crippen molar-refractivity contribution in [2.75, 3.05) is 13.2 Å². The number of carbonyl (C=O) groups is 2. The lowest BCUT2D eigenvalue weighted by atomic mass is 10.1. The van der Waals surface area contributed by atoms with E-state index in [0.717, 1.165) is 11.1 Å². The summed E-state index contributed by atoms with van der Waals surface area (Å²) < 4.78 is 15.9. The summed E-state index contributed by atoms with van der Waals surface area (Å²) in [5.41, 5.74) is 2.72. The van der Waals surface area contributed by atoms with E-state index in [4.69, 9.17) is 13.9 Å². The highest BCUT2D eigenvalue weighted by molar-refractivity contribution is 5.90. The van der Waals surface area contributed by atoms with Crippen LogP contribution in [0.5, 0.6) is 0 Å². The summed E-state index contributed by atoms with van der Waals surface area (Å²) in [4.78, 5) is 23.4. The fourth-order valence-corrected chi connectivity index (χ4v) is 2.62. The van der Waals surface area contributed by atoms with Gasteiger partial charge in [-0.2, -0.15) is 0 Å². The molecule has 0 aliphatic carbocycles. The van der Waals surface area contributed by atoms with Gasteiger partial charge >= 0.3 is 11.9 Å². The lowest BCUT2D eigenvalue weighted by molar-refractivity contribution is 0.0517. The molecule has 0 amide bonds. The predicted octanol–water partition coefficient (Wildman–Crippen LogP) is 4.97. The summed E-state index contributed by atoms with van der Waals surface area (Å²) in [5, 5.41) is 0. The lowest BCUT2D eigenvalue weighted by Crippen LogP contribution is -2.03. The summed E-state index contributed by atoms with van der Waals surface area (Å²) >= 11 is 0. The topological polar surface area (TPSA) is 65.7 Å². The van der Waals surface area contributed by atoms with E-state index in [1.54, 1.807) is 38.1 Å². The molecule has 0 saturated carbocycles. The monoisotopic (exact) mass is 364 g/mol. The zero-order chi connectivity index (χ0) is 19.2. The molecule has 3 aromatic rings. The van der Waals surface area contributed by atoms with Crippen molar-refractivity contribution in [1.82, 2.24) is 0 Å². The van der Waals surface area contributed by atoms with Crippen LogP contribution in [0.4, 0.5) is 0 Å². The SMILES string of the molecule is CCOC(=O)c1ccc(-c2ccc(-c3ccc(C(=O)OCC)cc3)o2)cc1. The average Bonchev–Trinajstić information content (AvgIpc) is 3.19. The van der Waals surface area contributed by atoms with E-state index in [9.17, 15) is 9.59 Å². The van der Waals surface area contributed by atoms with Crippen molar-refractivity contribution in [2.24, 2.45) is 0 Å². The quantitative estimate of drug-likeness (QED) is 0.578. The van der Waals surface area contributed by atoms with Gasteiger partial charge in [0, 0.05) is 11.1 Å². The highest BCUT2D eigenvalue weighted by atomic mass is 16.5. The lowest BCUT2D eigenvalue weighted by Gasteiger charge is -2.03. The van der Waals surface area contributed by atoms with E-state index in [-0.39, 0.29) is 11.9 Å². The maximum absolute atomic E-state index is 11.7. The van der Waals surface area contributed by atoms with E-state index >= 15 is 0 Å². The van der Waals surface area contributed by atoms with Gasteiger partial charge in [0.2, 0.25) is 0 Å². The van der Waals surface area contributed by atoms with Gasteiger partial charge < -0.3 is 13.9 Å². The molecule has 5 nitrogen and oxygen atoms in total. The third-order valence-electron chi connectivity index (χ3n) is 3.97. The molecule has 3 rings (SSSR count). The molecule has 0 saturated heterocycles. The minimum atomic E-state index is -0.342. The summed E-state index contributed by atoms with van der Waals surface area (Å²) in [7, 11) is 0. The van der Waals surface area contributed by atoms with Crippen LogP contribution in [-0.4, -0.2) is 25.2 Å². The van der Waals surface area contributed by atoms with Gasteiger partial charge in [-0.15, -0.1) is 0 Å². The van der Waals surface area contributed by atoms with Crippen LogP contribution in [0, 0.1) is 0 Å². The van der Waals surface area contributed by atoms with Gasteiger partial charge in [0.15, 0.2) is 0 Å². The Balaban J connectivity index is 1.76. The Hall–Kier alpha value is -3.34. The Kier molecular flexibility index (Phi) is 5.71. The molecule has 0 N–H and O–H groups in total. The second-order valence-electron chi connectivity index (χ2n) is 5.76. The first-order chi connectivity index (χ1) is 13.1. The van der Waals surface area contributed by atoms with Gasteiger partial charge in [0.25, 0.3) is 0 Å². The van der Waals surface area contributed by atoms with Crippen molar-refractivity contribution in [3.63, 3.8) is 0 Å². The first-order valence-electron chi connectivity index (χ1n) is 8.77. The fraction of sp³-hybridized carbons (Fsp3) is 0.182. The Morgan fingerprint density at radius 2 is 1.04 bits per heavy atom. The highest BCUT2D eigenvalue weighted by Crippen LogP contribution is 2.29. The van der Waals surface area contributed by atoms with Crippen LogP contribution < -0.4 is 0 Å². The van der Waals surface area contributed by atoms with E-state index in [1.165, 1.54) is 0 Å². The van der Waals surface area contributed by atoms with Crippen molar-refractivity contribution in [2.45, 2.75) is 13.8 Å². The number of esters is 2. The van der Waals surface area contributed by atoms with E-state index in [2.05, 4.69) is 0 Å². The molecule has 5 heteroatoms. The number of carbonyl (C=O) groups excluding carboxylic acids is 2. The van der Waals surface area contributed by atoms with Crippen LogP contribution >= 0.6 is 0 Å². The maximum Gasteiger partial charge on any atom is 0.338 e. The summed E-state index contributed by atoms with van der Waals surface area (Å²) in [6, 6.07) is 17.9. The zero-order valence-electron chi connectivity index (χ0n) is 15.2. The predicted molar refractivity (Wildman–Crippen MR) is 101 cm³/mol. The van der Waals surface area contributed by atoms with Crippen molar-refractivity contribution in [3.05, 3.63) is 71.8 Å². The molecule has 0 aliphatic heterocycles. The number of furan rings is 1. The molecule has 0 atom stereocenters. The number of hydrogen-bond donors (Lipinski definition) is 0.